The maximum absolute atomic E-state index is 5.61. The van der Waals surface area contributed by atoms with Gasteiger partial charge in [-0.1, -0.05) is 20.8 Å². The van der Waals surface area contributed by atoms with Crippen molar-refractivity contribution in [2.45, 2.75) is 39.5 Å². The molecule has 0 radical (unpaired) electrons. The predicted octanol–water partition coefficient (Wildman–Crippen LogP) is 1.53. The summed E-state index contributed by atoms with van der Waals surface area (Å²) in [5.74, 6) is 0. The fourth-order valence-electron chi connectivity index (χ4n) is 2.11. The molecule has 1 aromatic heterocycles. The van der Waals surface area contributed by atoms with Gasteiger partial charge in [-0.25, -0.2) is 0 Å². The SMILES string of the molecule is Cc1nn(C)c(CCN)c1C(C)(C)C. The van der Waals surface area contributed by atoms with Crippen LogP contribution in [-0.4, -0.2) is 16.3 Å². The van der Waals surface area contributed by atoms with Crippen LogP contribution in [0.1, 0.15) is 37.7 Å². The number of hydrogen-bond acceptors (Lipinski definition) is 2. The Morgan fingerprint density at radius 3 is 2.36 bits per heavy atom. The second kappa shape index (κ2) is 3.73. The van der Waals surface area contributed by atoms with E-state index in [1.54, 1.807) is 0 Å². The number of hydrogen-bond donors (Lipinski definition) is 1. The molecule has 3 heteroatoms. The van der Waals surface area contributed by atoms with Crippen LogP contribution in [0.3, 0.4) is 0 Å². The summed E-state index contributed by atoms with van der Waals surface area (Å²) in [4.78, 5) is 0. The van der Waals surface area contributed by atoms with E-state index in [1.165, 1.54) is 11.3 Å². The molecule has 14 heavy (non-hydrogen) atoms. The minimum Gasteiger partial charge on any atom is -0.330 e. The van der Waals surface area contributed by atoms with Gasteiger partial charge < -0.3 is 5.73 Å². The van der Waals surface area contributed by atoms with E-state index in [0.29, 0.717) is 6.54 Å². The molecule has 3 nitrogen and oxygen atoms in total. The van der Waals surface area contributed by atoms with Gasteiger partial charge >= 0.3 is 0 Å². The van der Waals surface area contributed by atoms with Crippen molar-refractivity contribution in [2.75, 3.05) is 6.54 Å². The second-order valence-electron chi connectivity index (χ2n) is 4.82. The highest BCUT2D eigenvalue weighted by Crippen LogP contribution is 2.28. The van der Waals surface area contributed by atoms with Crippen molar-refractivity contribution < 1.29 is 0 Å². The molecule has 0 aromatic carbocycles. The van der Waals surface area contributed by atoms with Crippen LogP contribution in [0.25, 0.3) is 0 Å². The Hall–Kier alpha value is -0.830. The van der Waals surface area contributed by atoms with Crippen LogP contribution in [0.2, 0.25) is 0 Å². The van der Waals surface area contributed by atoms with Crippen molar-refractivity contribution in [3.8, 4) is 0 Å². The van der Waals surface area contributed by atoms with E-state index in [4.69, 9.17) is 5.73 Å². The van der Waals surface area contributed by atoms with Crippen LogP contribution >= 0.6 is 0 Å². The number of aryl methyl sites for hydroxylation is 2. The maximum Gasteiger partial charge on any atom is 0.0633 e. The van der Waals surface area contributed by atoms with Crippen LogP contribution in [0, 0.1) is 6.92 Å². The quantitative estimate of drug-likeness (QED) is 0.777. The summed E-state index contributed by atoms with van der Waals surface area (Å²) < 4.78 is 1.96. The molecular formula is C11H21N3. The van der Waals surface area contributed by atoms with Gasteiger partial charge in [-0.3, -0.25) is 4.68 Å². The van der Waals surface area contributed by atoms with E-state index in [1.807, 2.05) is 11.7 Å². The van der Waals surface area contributed by atoms with Crippen LogP contribution in [0.5, 0.6) is 0 Å². The smallest absolute Gasteiger partial charge is 0.0633 e. The van der Waals surface area contributed by atoms with E-state index in [2.05, 4.69) is 32.8 Å². The van der Waals surface area contributed by atoms with Gasteiger partial charge in [0.25, 0.3) is 0 Å². The lowest BCUT2D eigenvalue weighted by atomic mass is 9.84. The lowest BCUT2D eigenvalue weighted by Gasteiger charge is -2.20. The van der Waals surface area contributed by atoms with Crippen molar-refractivity contribution in [1.82, 2.24) is 9.78 Å². The third-order valence-corrected chi connectivity index (χ3v) is 2.47. The first-order valence-electron chi connectivity index (χ1n) is 5.11. The van der Waals surface area contributed by atoms with Crippen molar-refractivity contribution in [3.63, 3.8) is 0 Å². The highest BCUT2D eigenvalue weighted by molar-refractivity contribution is 5.32. The Bertz CT molecular complexity index is 318. The molecule has 1 heterocycles. The first kappa shape index (κ1) is 11.2. The van der Waals surface area contributed by atoms with E-state index in [0.717, 1.165) is 12.1 Å². The summed E-state index contributed by atoms with van der Waals surface area (Å²) in [5.41, 5.74) is 9.52. The molecule has 0 amide bonds. The fourth-order valence-corrected chi connectivity index (χ4v) is 2.11. The molecule has 0 aliphatic carbocycles. The molecule has 0 fully saturated rings. The van der Waals surface area contributed by atoms with Crippen molar-refractivity contribution in [2.24, 2.45) is 12.8 Å². The molecule has 0 unspecified atom stereocenters. The summed E-state index contributed by atoms with van der Waals surface area (Å²) in [6.07, 6.45) is 0.907. The summed E-state index contributed by atoms with van der Waals surface area (Å²) in [5, 5.41) is 4.46. The van der Waals surface area contributed by atoms with Gasteiger partial charge in [0.15, 0.2) is 0 Å². The average Bonchev–Trinajstić information content (AvgIpc) is 2.26. The van der Waals surface area contributed by atoms with Gasteiger partial charge in [-0.05, 0) is 18.9 Å². The van der Waals surface area contributed by atoms with Crippen LogP contribution < -0.4 is 5.73 Å². The zero-order valence-electron chi connectivity index (χ0n) is 9.89. The third kappa shape index (κ3) is 1.98. The number of nitrogens with two attached hydrogens (primary N) is 1. The van der Waals surface area contributed by atoms with Gasteiger partial charge in [0.1, 0.15) is 0 Å². The van der Waals surface area contributed by atoms with E-state index >= 15 is 0 Å². The Kier molecular flexibility index (Phi) is 3.00. The Labute approximate surface area is 86.3 Å². The monoisotopic (exact) mass is 195 g/mol. The van der Waals surface area contributed by atoms with Crippen LogP contribution in [0.15, 0.2) is 0 Å². The minimum atomic E-state index is 0.156. The normalized spacial score (nSPS) is 12.1. The molecule has 2 N–H and O–H groups in total. The highest BCUT2D eigenvalue weighted by atomic mass is 15.3. The summed E-state index contributed by atoms with van der Waals surface area (Å²) in [7, 11) is 1.99. The van der Waals surface area contributed by atoms with Crippen LogP contribution in [-0.2, 0) is 18.9 Å². The third-order valence-electron chi connectivity index (χ3n) is 2.47. The molecular weight excluding hydrogens is 174 g/mol. The second-order valence-corrected chi connectivity index (χ2v) is 4.82. The molecule has 0 saturated carbocycles. The van der Waals surface area contributed by atoms with Crippen molar-refractivity contribution in [1.29, 1.82) is 0 Å². The summed E-state index contributed by atoms with van der Waals surface area (Å²) in [6.45, 7) is 9.41. The Morgan fingerprint density at radius 2 is 1.93 bits per heavy atom. The standard InChI is InChI=1S/C11H21N3/c1-8-10(11(2,3)4)9(6-7-12)14(5)13-8/h6-7,12H2,1-5H3. The molecule has 80 valence electrons. The number of aromatic nitrogens is 2. The predicted molar refractivity (Wildman–Crippen MR) is 59.4 cm³/mol. The first-order chi connectivity index (χ1) is 6.38. The fraction of sp³-hybridized carbons (Fsp3) is 0.727. The lowest BCUT2D eigenvalue weighted by Crippen LogP contribution is -2.17. The molecule has 0 spiro atoms. The largest absolute Gasteiger partial charge is 0.330 e. The van der Waals surface area contributed by atoms with Gasteiger partial charge in [0, 0.05) is 24.7 Å². The Balaban J connectivity index is 3.25. The molecule has 0 atom stereocenters. The van der Waals surface area contributed by atoms with Crippen molar-refractivity contribution >= 4 is 0 Å². The topological polar surface area (TPSA) is 43.8 Å². The number of nitrogens with zero attached hydrogens (tertiary/aromatic N) is 2. The van der Waals surface area contributed by atoms with Crippen LogP contribution in [0.4, 0.5) is 0 Å². The van der Waals surface area contributed by atoms with Crippen molar-refractivity contribution in [3.05, 3.63) is 17.0 Å². The van der Waals surface area contributed by atoms with Gasteiger partial charge in [0.05, 0.1) is 5.69 Å². The summed E-state index contributed by atoms with van der Waals surface area (Å²) in [6, 6.07) is 0. The molecule has 1 rings (SSSR count). The zero-order valence-corrected chi connectivity index (χ0v) is 9.89. The molecule has 1 aromatic rings. The Morgan fingerprint density at radius 1 is 1.36 bits per heavy atom. The average molecular weight is 195 g/mol. The minimum absolute atomic E-state index is 0.156. The van der Waals surface area contributed by atoms with Gasteiger partial charge in [-0.15, -0.1) is 0 Å². The highest BCUT2D eigenvalue weighted by Gasteiger charge is 2.23. The zero-order chi connectivity index (χ0) is 10.9. The first-order valence-corrected chi connectivity index (χ1v) is 5.11. The summed E-state index contributed by atoms with van der Waals surface area (Å²) >= 11 is 0. The maximum atomic E-state index is 5.61. The van der Waals surface area contributed by atoms with E-state index in [-0.39, 0.29) is 5.41 Å². The molecule has 0 aliphatic heterocycles. The van der Waals surface area contributed by atoms with Gasteiger partial charge in [0.2, 0.25) is 0 Å². The molecule has 0 saturated heterocycles. The lowest BCUT2D eigenvalue weighted by molar-refractivity contribution is 0.574. The molecule has 0 bridgehead atoms. The van der Waals surface area contributed by atoms with E-state index in [9.17, 15) is 0 Å². The van der Waals surface area contributed by atoms with Gasteiger partial charge in [-0.2, -0.15) is 5.10 Å². The number of rotatable bonds is 2. The van der Waals surface area contributed by atoms with E-state index < -0.39 is 0 Å². The molecule has 0 aliphatic rings.